The topological polar surface area (TPSA) is 43.6 Å². The van der Waals surface area contributed by atoms with E-state index in [-0.39, 0.29) is 0 Å². The lowest BCUT2D eigenvalue weighted by atomic mass is 10.3. The number of para-hydroxylation sites is 1. The molecule has 0 N–H and O–H groups in total. The van der Waals surface area contributed by atoms with Crippen molar-refractivity contribution < 1.29 is 0 Å². The number of thiazole rings is 1. The average Bonchev–Trinajstić information content (AvgIpc) is 3.10. The first-order valence-electron chi connectivity index (χ1n) is 7.16. The zero-order valence-corrected chi connectivity index (χ0v) is 13.6. The van der Waals surface area contributed by atoms with E-state index in [0.717, 1.165) is 21.5 Å². The Bertz CT molecular complexity index is 755. The molecule has 0 radical (unpaired) electrons. The number of aryl methyl sites for hydroxylation is 1. The third kappa shape index (κ3) is 2.46. The zero-order valence-electron chi connectivity index (χ0n) is 12.0. The van der Waals surface area contributed by atoms with E-state index >= 15 is 0 Å². The van der Waals surface area contributed by atoms with Gasteiger partial charge in [0.25, 0.3) is 0 Å². The Balaban J connectivity index is 1.61. The maximum Gasteiger partial charge on any atom is 0.192 e. The Kier molecular flexibility index (Phi) is 3.23. The van der Waals surface area contributed by atoms with Crippen LogP contribution in [-0.2, 0) is 0 Å². The van der Waals surface area contributed by atoms with Crippen LogP contribution < -0.4 is 0 Å². The zero-order chi connectivity index (χ0) is 14.4. The van der Waals surface area contributed by atoms with Gasteiger partial charge in [-0.2, -0.15) is 0 Å². The normalized spacial score (nSPS) is 16.5. The number of hydrogen-bond donors (Lipinski definition) is 0. The van der Waals surface area contributed by atoms with Crippen molar-refractivity contribution in [2.24, 2.45) is 0 Å². The fraction of sp³-hybridized carbons (Fsp3) is 0.400. The van der Waals surface area contributed by atoms with Gasteiger partial charge in [0.15, 0.2) is 5.16 Å². The van der Waals surface area contributed by atoms with Gasteiger partial charge in [0, 0.05) is 6.04 Å². The van der Waals surface area contributed by atoms with Gasteiger partial charge in [-0.25, -0.2) is 4.98 Å². The summed E-state index contributed by atoms with van der Waals surface area (Å²) in [4.78, 5) is 4.75. The molecule has 4 rings (SSSR count). The first kappa shape index (κ1) is 13.3. The third-order valence-electron chi connectivity index (χ3n) is 3.69. The molecule has 2 aromatic heterocycles. The summed E-state index contributed by atoms with van der Waals surface area (Å²) in [6.07, 6.45) is 2.50. The number of hydrogen-bond acceptors (Lipinski definition) is 5. The van der Waals surface area contributed by atoms with Crippen molar-refractivity contribution in [3.63, 3.8) is 0 Å². The molecule has 1 aromatic carbocycles. The summed E-state index contributed by atoms with van der Waals surface area (Å²) in [6.45, 7) is 4.24. The molecule has 2 heterocycles. The molecule has 0 bridgehead atoms. The standard InChI is InChI=1S/C15H16N4S2/c1-9(14-16-12-5-3-4-6-13(12)21-14)20-15-18-17-10(2)19(15)11-7-8-11/h3-6,9,11H,7-8H2,1-2H3. The van der Waals surface area contributed by atoms with Crippen molar-refractivity contribution in [1.82, 2.24) is 19.7 Å². The highest BCUT2D eigenvalue weighted by atomic mass is 32.2. The third-order valence-corrected chi connectivity index (χ3v) is 6.12. The maximum absolute atomic E-state index is 4.75. The van der Waals surface area contributed by atoms with E-state index in [1.54, 1.807) is 23.1 Å². The van der Waals surface area contributed by atoms with Gasteiger partial charge in [-0.05, 0) is 38.8 Å². The Morgan fingerprint density at radius 3 is 2.86 bits per heavy atom. The molecule has 0 saturated heterocycles. The van der Waals surface area contributed by atoms with Crippen LogP contribution in [0.4, 0.5) is 0 Å². The summed E-state index contributed by atoms with van der Waals surface area (Å²) in [5.74, 6) is 1.02. The van der Waals surface area contributed by atoms with Crippen molar-refractivity contribution in [3.05, 3.63) is 35.1 Å². The molecule has 108 valence electrons. The van der Waals surface area contributed by atoms with Crippen LogP contribution in [0.5, 0.6) is 0 Å². The lowest BCUT2D eigenvalue weighted by Crippen LogP contribution is -2.00. The van der Waals surface area contributed by atoms with E-state index in [1.165, 1.54) is 17.5 Å². The van der Waals surface area contributed by atoms with E-state index < -0.39 is 0 Å². The highest BCUT2D eigenvalue weighted by Gasteiger charge is 2.29. The van der Waals surface area contributed by atoms with Crippen molar-refractivity contribution in [2.75, 3.05) is 0 Å². The van der Waals surface area contributed by atoms with Crippen LogP contribution in [0, 0.1) is 6.92 Å². The van der Waals surface area contributed by atoms with Gasteiger partial charge < -0.3 is 4.57 Å². The number of thioether (sulfide) groups is 1. The van der Waals surface area contributed by atoms with E-state index in [0.29, 0.717) is 11.3 Å². The van der Waals surface area contributed by atoms with Crippen LogP contribution in [0.1, 0.15) is 41.9 Å². The predicted octanol–water partition coefficient (Wildman–Crippen LogP) is 4.38. The van der Waals surface area contributed by atoms with Gasteiger partial charge in [0.2, 0.25) is 0 Å². The highest BCUT2D eigenvalue weighted by Crippen LogP contribution is 2.43. The summed E-state index contributed by atoms with van der Waals surface area (Å²) < 4.78 is 3.54. The molecule has 1 unspecified atom stereocenters. The molecule has 0 spiro atoms. The second-order valence-electron chi connectivity index (χ2n) is 5.41. The average molecular weight is 316 g/mol. The Hall–Kier alpha value is -1.40. The minimum atomic E-state index is 0.295. The van der Waals surface area contributed by atoms with E-state index in [2.05, 4.69) is 39.9 Å². The van der Waals surface area contributed by atoms with Crippen LogP contribution in [0.2, 0.25) is 0 Å². The van der Waals surface area contributed by atoms with Gasteiger partial charge in [-0.15, -0.1) is 21.5 Å². The van der Waals surface area contributed by atoms with Crippen LogP contribution in [0.15, 0.2) is 29.4 Å². The number of aromatic nitrogens is 4. The van der Waals surface area contributed by atoms with Gasteiger partial charge >= 0.3 is 0 Å². The molecule has 4 nitrogen and oxygen atoms in total. The smallest absolute Gasteiger partial charge is 0.192 e. The molecule has 6 heteroatoms. The first-order valence-corrected chi connectivity index (χ1v) is 8.85. The summed E-state index contributed by atoms with van der Waals surface area (Å²) in [7, 11) is 0. The SMILES string of the molecule is Cc1nnc(SC(C)c2nc3ccccc3s2)n1C1CC1. The summed E-state index contributed by atoms with van der Waals surface area (Å²) >= 11 is 3.54. The van der Waals surface area contributed by atoms with Gasteiger partial charge in [0.1, 0.15) is 10.8 Å². The fourth-order valence-corrected chi connectivity index (χ4v) is 4.60. The van der Waals surface area contributed by atoms with Crippen molar-refractivity contribution >= 4 is 33.3 Å². The minimum absolute atomic E-state index is 0.295. The van der Waals surface area contributed by atoms with Crippen LogP contribution in [-0.4, -0.2) is 19.7 Å². The fourth-order valence-electron chi connectivity index (χ4n) is 2.46. The summed E-state index contributed by atoms with van der Waals surface area (Å²) in [5, 5.41) is 11.1. The lowest BCUT2D eigenvalue weighted by Gasteiger charge is -2.09. The van der Waals surface area contributed by atoms with Gasteiger partial charge in [0.05, 0.1) is 15.5 Å². The molecule has 1 aliphatic carbocycles. The monoisotopic (exact) mass is 316 g/mol. The Labute approximate surface area is 131 Å². The first-order chi connectivity index (χ1) is 10.2. The van der Waals surface area contributed by atoms with Crippen LogP contribution >= 0.6 is 23.1 Å². The number of nitrogens with zero attached hydrogens (tertiary/aromatic N) is 4. The Morgan fingerprint density at radius 1 is 1.29 bits per heavy atom. The quantitative estimate of drug-likeness (QED) is 0.670. The van der Waals surface area contributed by atoms with Gasteiger partial charge in [-0.3, -0.25) is 0 Å². The van der Waals surface area contributed by atoms with E-state index in [9.17, 15) is 0 Å². The molecular formula is C15H16N4S2. The van der Waals surface area contributed by atoms with Crippen LogP contribution in [0.3, 0.4) is 0 Å². The summed E-state index contributed by atoms with van der Waals surface area (Å²) in [5.41, 5.74) is 1.09. The molecule has 21 heavy (non-hydrogen) atoms. The van der Waals surface area contributed by atoms with Crippen LogP contribution in [0.25, 0.3) is 10.2 Å². The molecule has 1 saturated carbocycles. The van der Waals surface area contributed by atoms with E-state index in [4.69, 9.17) is 4.98 Å². The van der Waals surface area contributed by atoms with Crippen molar-refractivity contribution in [3.8, 4) is 0 Å². The van der Waals surface area contributed by atoms with Gasteiger partial charge in [-0.1, -0.05) is 23.9 Å². The number of rotatable bonds is 4. The second kappa shape index (κ2) is 5.10. The Morgan fingerprint density at radius 2 is 2.10 bits per heavy atom. The maximum atomic E-state index is 4.75. The molecule has 1 aliphatic rings. The lowest BCUT2D eigenvalue weighted by molar-refractivity contribution is 0.643. The highest BCUT2D eigenvalue weighted by molar-refractivity contribution is 7.99. The summed E-state index contributed by atoms with van der Waals surface area (Å²) in [6, 6.07) is 8.92. The molecule has 1 atom stereocenters. The van der Waals surface area contributed by atoms with Crippen molar-refractivity contribution in [1.29, 1.82) is 0 Å². The van der Waals surface area contributed by atoms with Crippen molar-refractivity contribution in [2.45, 2.75) is 43.1 Å². The molecule has 3 aromatic rings. The minimum Gasteiger partial charge on any atom is -0.303 e. The van der Waals surface area contributed by atoms with E-state index in [1.807, 2.05) is 13.0 Å². The molecule has 0 aliphatic heterocycles. The molecule has 1 fully saturated rings. The molecule has 0 amide bonds. The number of benzene rings is 1. The second-order valence-corrected chi connectivity index (χ2v) is 7.78. The predicted molar refractivity (Wildman–Crippen MR) is 86.9 cm³/mol. The largest absolute Gasteiger partial charge is 0.303 e. The number of fused-ring (bicyclic) bond motifs is 1. The molecular weight excluding hydrogens is 300 g/mol.